The van der Waals surface area contributed by atoms with Gasteiger partial charge in [0.15, 0.2) is 10.8 Å². The molecule has 4 nitrogen and oxygen atoms in total. The van der Waals surface area contributed by atoms with Crippen LogP contribution in [0.1, 0.15) is 43.6 Å². The molecule has 0 spiro atoms. The van der Waals surface area contributed by atoms with E-state index in [0.717, 1.165) is 11.0 Å². The number of aromatic nitrogens is 1. The van der Waals surface area contributed by atoms with E-state index in [1.807, 2.05) is 0 Å². The van der Waals surface area contributed by atoms with E-state index in [-0.39, 0.29) is 5.97 Å². The quantitative estimate of drug-likeness (QED) is 0.855. The first kappa shape index (κ1) is 13.3. The van der Waals surface area contributed by atoms with Crippen LogP contribution in [0.4, 0.5) is 5.13 Å². The Labute approximate surface area is 112 Å². The molecule has 3 unspecified atom stereocenters. The van der Waals surface area contributed by atoms with Crippen LogP contribution in [0.5, 0.6) is 0 Å². The minimum absolute atomic E-state index is 0.371. The lowest BCUT2D eigenvalue weighted by molar-refractivity contribution is 0.0595. The van der Waals surface area contributed by atoms with Crippen LogP contribution < -0.4 is 5.32 Å². The smallest absolute Gasteiger partial charge is 0.357 e. The molecular formula is C13H20N2O2S. The number of nitrogens with zero attached hydrogens (tertiary/aromatic N) is 1. The van der Waals surface area contributed by atoms with Crippen LogP contribution in [-0.2, 0) is 4.74 Å². The van der Waals surface area contributed by atoms with Gasteiger partial charge >= 0.3 is 5.97 Å². The van der Waals surface area contributed by atoms with Crippen LogP contribution in [-0.4, -0.2) is 24.1 Å². The Morgan fingerprint density at radius 1 is 1.50 bits per heavy atom. The molecule has 1 aromatic rings. The summed E-state index contributed by atoms with van der Waals surface area (Å²) >= 11 is 1.47. The third-order valence-electron chi connectivity index (χ3n) is 3.91. The summed E-state index contributed by atoms with van der Waals surface area (Å²) in [6.45, 7) is 4.59. The molecule has 1 fully saturated rings. The summed E-state index contributed by atoms with van der Waals surface area (Å²) < 4.78 is 4.66. The van der Waals surface area contributed by atoms with Gasteiger partial charge in [0.05, 0.1) is 7.11 Å². The topological polar surface area (TPSA) is 51.2 Å². The molecule has 1 aliphatic rings. The third-order valence-corrected chi connectivity index (χ3v) is 4.69. The van der Waals surface area contributed by atoms with Crippen LogP contribution in [0.25, 0.3) is 0 Å². The monoisotopic (exact) mass is 268 g/mol. The second-order valence-electron chi connectivity index (χ2n) is 5.05. The first-order chi connectivity index (χ1) is 8.61. The van der Waals surface area contributed by atoms with Gasteiger partial charge < -0.3 is 10.1 Å². The Morgan fingerprint density at radius 3 is 3.00 bits per heavy atom. The number of esters is 1. The van der Waals surface area contributed by atoms with Gasteiger partial charge in [-0.3, -0.25) is 0 Å². The molecule has 1 aliphatic carbocycles. The van der Waals surface area contributed by atoms with Gasteiger partial charge in [0.2, 0.25) is 0 Å². The molecule has 18 heavy (non-hydrogen) atoms. The Morgan fingerprint density at radius 2 is 2.28 bits per heavy atom. The first-order valence-corrected chi connectivity index (χ1v) is 7.30. The van der Waals surface area contributed by atoms with Crippen LogP contribution in [0.3, 0.4) is 0 Å². The SMILES string of the molecule is COC(=O)c1csc(NC2CCCC(C)C2C)n1. The maximum atomic E-state index is 11.3. The zero-order valence-electron chi connectivity index (χ0n) is 11.1. The normalized spacial score (nSPS) is 27.8. The highest BCUT2D eigenvalue weighted by molar-refractivity contribution is 7.13. The molecule has 2 rings (SSSR count). The van der Waals surface area contributed by atoms with Crippen LogP contribution >= 0.6 is 11.3 Å². The number of thiazole rings is 1. The minimum Gasteiger partial charge on any atom is -0.464 e. The van der Waals surface area contributed by atoms with E-state index in [1.165, 1.54) is 37.7 Å². The third kappa shape index (κ3) is 2.83. The van der Waals surface area contributed by atoms with Crippen LogP contribution in [0.2, 0.25) is 0 Å². The molecule has 0 saturated heterocycles. The largest absolute Gasteiger partial charge is 0.464 e. The van der Waals surface area contributed by atoms with Crippen LogP contribution in [0.15, 0.2) is 5.38 Å². The minimum atomic E-state index is -0.371. The summed E-state index contributed by atoms with van der Waals surface area (Å²) in [6, 6.07) is 0.463. The number of carbonyl (C=O) groups excluding carboxylic acids is 1. The molecule has 0 radical (unpaired) electrons. The molecule has 0 aliphatic heterocycles. The highest BCUT2D eigenvalue weighted by Gasteiger charge is 2.27. The second kappa shape index (κ2) is 5.69. The number of nitrogens with one attached hydrogen (secondary N) is 1. The van der Waals surface area contributed by atoms with Gasteiger partial charge in [-0.2, -0.15) is 0 Å². The number of carbonyl (C=O) groups is 1. The summed E-state index contributed by atoms with van der Waals surface area (Å²) in [6.07, 6.45) is 3.75. The predicted octanol–water partition coefficient (Wildman–Crippen LogP) is 3.17. The Balaban J connectivity index is 2.00. The molecule has 3 atom stereocenters. The molecule has 0 aromatic carbocycles. The van der Waals surface area contributed by atoms with E-state index < -0.39 is 0 Å². The van der Waals surface area contributed by atoms with Crippen LogP contribution in [0, 0.1) is 11.8 Å². The van der Waals surface area contributed by atoms with Gasteiger partial charge in [0.1, 0.15) is 0 Å². The summed E-state index contributed by atoms with van der Waals surface area (Å²) in [5, 5.41) is 6.02. The fourth-order valence-corrected chi connectivity index (χ4v) is 3.23. The van der Waals surface area contributed by atoms with E-state index in [2.05, 4.69) is 28.9 Å². The zero-order valence-corrected chi connectivity index (χ0v) is 11.9. The predicted molar refractivity (Wildman–Crippen MR) is 73.0 cm³/mol. The molecule has 1 saturated carbocycles. The number of hydrogen-bond donors (Lipinski definition) is 1. The van der Waals surface area contributed by atoms with Crippen molar-refractivity contribution in [2.45, 2.75) is 39.2 Å². The number of methoxy groups -OCH3 is 1. The number of ether oxygens (including phenoxy) is 1. The van der Waals surface area contributed by atoms with E-state index in [9.17, 15) is 4.79 Å². The number of hydrogen-bond acceptors (Lipinski definition) is 5. The Bertz CT molecular complexity index is 419. The first-order valence-electron chi connectivity index (χ1n) is 6.42. The lowest BCUT2D eigenvalue weighted by atomic mass is 9.78. The van der Waals surface area contributed by atoms with E-state index in [1.54, 1.807) is 5.38 Å². The lowest BCUT2D eigenvalue weighted by Gasteiger charge is -2.34. The van der Waals surface area contributed by atoms with Gasteiger partial charge in [-0.25, -0.2) is 9.78 Å². The molecule has 1 heterocycles. The average molecular weight is 268 g/mol. The molecule has 100 valence electrons. The van der Waals surface area contributed by atoms with Gasteiger partial charge in [-0.1, -0.05) is 26.7 Å². The highest BCUT2D eigenvalue weighted by atomic mass is 32.1. The van der Waals surface area contributed by atoms with Crippen molar-refractivity contribution in [1.82, 2.24) is 4.98 Å². The van der Waals surface area contributed by atoms with E-state index in [0.29, 0.717) is 17.7 Å². The van der Waals surface area contributed by atoms with Crippen molar-refractivity contribution in [1.29, 1.82) is 0 Å². The number of anilines is 1. The second-order valence-corrected chi connectivity index (χ2v) is 5.91. The molecular weight excluding hydrogens is 248 g/mol. The molecule has 5 heteroatoms. The van der Waals surface area contributed by atoms with E-state index >= 15 is 0 Å². The molecule has 0 amide bonds. The Hall–Kier alpha value is -1.10. The van der Waals surface area contributed by atoms with Gasteiger partial charge in [0, 0.05) is 11.4 Å². The van der Waals surface area contributed by atoms with Crippen molar-refractivity contribution in [3.63, 3.8) is 0 Å². The van der Waals surface area contributed by atoms with Crippen molar-refractivity contribution in [3.05, 3.63) is 11.1 Å². The van der Waals surface area contributed by atoms with Crippen molar-refractivity contribution in [3.8, 4) is 0 Å². The zero-order chi connectivity index (χ0) is 13.1. The standard InChI is InChI=1S/C13H20N2O2S/c1-8-5-4-6-10(9(8)2)14-13-15-11(7-18-13)12(16)17-3/h7-10H,4-6H2,1-3H3,(H,14,15). The molecule has 1 aromatic heterocycles. The van der Waals surface area contributed by atoms with Crippen molar-refractivity contribution in [2.24, 2.45) is 11.8 Å². The molecule has 0 bridgehead atoms. The summed E-state index contributed by atoms with van der Waals surface area (Å²) in [5.41, 5.74) is 0.390. The van der Waals surface area contributed by atoms with Gasteiger partial charge in [-0.15, -0.1) is 11.3 Å². The average Bonchev–Trinajstić information content (AvgIpc) is 2.82. The maximum absolute atomic E-state index is 11.3. The Kier molecular flexibility index (Phi) is 4.22. The highest BCUT2D eigenvalue weighted by Crippen LogP contribution is 2.32. The van der Waals surface area contributed by atoms with Crippen molar-refractivity contribution in [2.75, 3.05) is 12.4 Å². The summed E-state index contributed by atoms with van der Waals surface area (Å²) in [7, 11) is 1.37. The fourth-order valence-electron chi connectivity index (χ4n) is 2.48. The summed E-state index contributed by atoms with van der Waals surface area (Å²) in [4.78, 5) is 15.6. The lowest BCUT2D eigenvalue weighted by Crippen LogP contribution is -2.34. The van der Waals surface area contributed by atoms with Gasteiger partial charge in [0.25, 0.3) is 0 Å². The molecule has 1 N–H and O–H groups in total. The summed E-state index contributed by atoms with van der Waals surface area (Å²) in [5.74, 6) is 1.02. The maximum Gasteiger partial charge on any atom is 0.357 e. The fraction of sp³-hybridized carbons (Fsp3) is 0.692. The van der Waals surface area contributed by atoms with Gasteiger partial charge in [-0.05, 0) is 18.3 Å². The number of rotatable bonds is 3. The van der Waals surface area contributed by atoms with Crippen molar-refractivity contribution >= 4 is 22.4 Å². The van der Waals surface area contributed by atoms with E-state index in [4.69, 9.17) is 0 Å². The van der Waals surface area contributed by atoms with Crippen molar-refractivity contribution < 1.29 is 9.53 Å².